The predicted molar refractivity (Wildman–Crippen MR) is 50.8 cm³/mol. The third kappa shape index (κ3) is 2.65. The molecule has 1 atom stereocenters. The number of rotatable bonds is 4. The third-order valence-electron chi connectivity index (χ3n) is 2.36. The highest BCUT2D eigenvalue weighted by Crippen LogP contribution is 2.19. The molecule has 1 fully saturated rings. The van der Waals surface area contributed by atoms with Gasteiger partial charge in [-0.25, -0.2) is 12.7 Å². The summed E-state index contributed by atoms with van der Waals surface area (Å²) in [6.45, 7) is 3.03. The van der Waals surface area contributed by atoms with Crippen molar-refractivity contribution in [3.8, 4) is 0 Å². The molecule has 1 aliphatic rings. The fourth-order valence-electron chi connectivity index (χ4n) is 1.59. The van der Waals surface area contributed by atoms with Crippen LogP contribution in [-0.2, 0) is 10.0 Å². The number of hydrogen-bond acceptors (Lipinski definition) is 3. The maximum atomic E-state index is 11.5. The van der Waals surface area contributed by atoms with Gasteiger partial charge in [0.2, 0.25) is 10.0 Å². The molecule has 0 bridgehead atoms. The van der Waals surface area contributed by atoms with Crippen molar-refractivity contribution < 1.29 is 13.5 Å². The molecule has 0 aromatic heterocycles. The Kier molecular flexibility index (Phi) is 3.70. The lowest BCUT2D eigenvalue weighted by atomic mass is 10.1. The van der Waals surface area contributed by atoms with E-state index in [0.717, 1.165) is 6.42 Å². The summed E-state index contributed by atoms with van der Waals surface area (Å²) in [4.78, 5) is 0. The Morgan fingerprint density at radius 3 is 2.69 bits per heavy atom. The van der Waals surface area contributed by atoms with Crippen LogP contribution in [0.25, 0.3) is 0 Å². The minimum absolute atomic E-state index is 0.0954. The Morgan fingerprint density at radius 2 is 2.23 bits per heavy atom. The van der Waals surface area contributed by atoms with E-state index in [1.807, 2.05) is 6.92 Å². The van der Waals surface area contributed by atoms with Crippen molar-refractivity contribution in [3.63, 3.8) is 0 Å². The van der Waals surface area contributed by atoms with Gasteiger partial charge in [0.05, 0.1) is 5.75 Å². The Balaban J connectivity index is 2.55. The summed E-state index contributed by atoms with van der Waals surface area (Å²) in [5.74, 6) is 0.372. The molecule has 0 aromatic carbocycles. The molecule has 0 amide bonds. The molecule has 0 saturated carbocycles. The maximum absolute atomic E-state index is 11.5. The van der Waals surface area contributed by atoms with Crippen LogP contribution in [0.3, 0.4) is 0 Å². The molecule has 5 heteroatoms. The van der Waals surface area contributed by atoms with Crippen LogP contribution in [0.4, 0.5) is 0 Å². The van der Waals surface area contributed by atoms with E-state index in [0.29, 0.717) is 19.5 Å². The van der Waals surface area contributed by atoms with E-state index in [9.17, 15) is 8.42 Å². The van der Waals surface area contributed by atoms with E-state index in [1.165, 1.54) is 4.31 Å². The minimum atomic E-state index is -3.03. The largest absolute Gasteiger partial charge is 0.396 e. The molecular weight excluding hydrogens is 190 g/mol. The molecule has 13 heavy (non-hydrogen) atoms. The zero-order chi connectivity index (χ0) is 9.90. The fraction of sp³-hybridized carbons (Fsp3) is 1.00. The van der Waals surface area contributed by atoms with Crippen LogP contribution in [0.2, 0.25) is 0 Å². The van der Waals surface area contributed by atoms with Crippen molar-refractivity contribution in [2.24, 2.45) is 5.92 Å². The Labute approximate surface area is 79.6 Å². The van der Waals surface area contributed by atoms with Gasteiger partial charge in [0.1, 0.15) is 0 Å². The molecule has 1 heterocycles. The van der Waals surface area contributed by atoms with Gasteiger partial charge in [0.25, 0.3) is 0 Å². The van der Waals surface area contributed by atoms with Crippen molar-refractivity contribution in [2.75, 3.05) is 25.4 Å². The van der Waals surface area contributed by atoms with Crippen LogP contribution in [-0.4, -0.2) is 43.3 Å². The monoisotopic (exact) mass is 207 g/mol. The number of aliphatic hydroxyl groups excluding tert-OH is 1. The van der Waals surface area contributed by atoms with Crippen LogP contribution in [0, 0.1) is 5.92 Å². The lowest BCUT2D eigenvalue weighted by Gasteiger charge is -2.15. The first kappa shape index (κ1) is 10.9. The highest BCUT2D eigenvalue weighted by Gasteiger charge is 2.29. The number of sulfonamides is 1. The molecule has 1 N–H and O–H groups in total. The highest BCUT2D eigenvalue weighted by molar-refractivity contribution is 7.89. The second kappa shape index (κ2) is 4.39. The maximum Gasteiger partial charge on any atom is 0.214 e. The van der Waals surface area contributed by atoms with E-state index in [1.54, 1.807) is 0 Å². The summed E-state index contributed by atoms with van der Waals surface area (Å²) in [7, 11) is -3.03. The lowest BCUT2D eigenvalue weighted by molar-refractivity contribution is 0.233. The average Bonchev–Trinajstić information content (AvgIpc) is 2.52. The molecule has 4 nitrogen and oxygen atoms in total. The number of aliphatic hydroxyl groups is 1. The van der Waals surface area contributed by atoms with Crippen LogP contribution < -0.4 is 0 Å². The summed E-state index contributed by atoms with van der Waals surface area (Å²) < 4.78 is 24.6. The van der Waals surface area contributed by atoms with Gasteiger partial charge < -0.3 is 5.11 Å². The standard InChI is InChI=1S/C8H17NO3S/c1-2-5-13(11,12)9-4-3-8(6-9)7-10/h8,10H,2-7H2,1H3. The second-order valence-electron chi connectivity index (χ2n) is 3.51. The molecule has 1 aliphatic heterocycles. The minimum Gasteiger partial charge on any atom is -0.396 e. The molecule has 1 saturated heterocycles. The Morgan fingerprint density at radius 1 is 1.54 bits per heavy atom. The molecule has 1 rings (SSSR count). The van der Waals surface area contributed by atoms with Crippen molar-refractivity contribution in [1.82, 2.24) is 4.31 Å². The van der Waals surface area contributed by atoms with E-state index in [2.05, 4.69) is 0 Å². The van der Waals surface area contributed by atoms with Crippen LogP contribution in [0.15, 0.2) is 0 Å². The van der Waals surface area contributed by atoms with Gasteiger partial charge in [-0.1, -0.05) is 6.92 Å². The average molecular weight is 207 g/mol. The van der Waals surface area contributed by atoms with Crippen LogP contribution in [0.1, 0.15) is 19.8 Å². The molecule has 0 aliphatic carbocycles. The lowest BCUT2D eigenvalue weighted by Crippen LogP contribution is -2.31. The summed E-state index contributed by atoms with van der Waals surface area (Å²) >= 11 is 0. The van der Waals surface area contributed by atoms with Crippen molar-refractivity contribution in [3.05, 3.63) is 0 Å². The highest BCUT2D eigenvalue weighted by atomic mass is 32.2. The first-order valence-electron chi connectivity index (χ1n) is 4.69. The van der Waals surface area contributed by atoms with Gasteiger partial charge in [0.15, 0.2) is 0 Å². The molecule has 0 spiro atoms. The normalized spacial score (nSPS) is 25.2. The SMILES string of the molecule is CCCS(=O)(=O)N1CCC(CO)C1. The summed E-state index contributed by atoms with van der Waals surface area (Å²) in [6.07, 6.45) is 1.45. The van der Waals surface area contributed by atoms with E-state index in [-0.39, 0.29) is 18.3 Å². The predicted octanol–water partition coefficient (Wildman–Crippen LogP) is 0.0404. The summed E-state index contributed by atoms with van der Waals surface area (Å²) in [6, 6.07) is 0. The van der Waals surface area contributed by atoms with E-state index >= 15 is 0 Å². The first-order chi connectivity index (χ1) is 6.10. The zero-order valence-corrected chi connectivity index (χ0v) is 8.76. The summed E-state index contributed by atoms with van der Waals surface area (Å²) in [5.41, 5.74) is 0. The quantitative estimate of drug-likeness (QED) is 0.708. The van der Waals surface area contributed by atoms with Crippen LogP contribution >= 0.6 is 0 Å². The van der Waals surface area contributed by atoms with Gasteiger partial charge in [-0.2, -0.15) is 0 Å². The zero-order valence-electron chi connectivity index (χ0n) is 7.94. The van der Waals surface area contributed by atoms with Gasteiger partial charge in [0, 0.05) is 19.7 Å². The molecule has 0 aromatic rings. The van der Waals surface area contributed by atoms with Gasteiger partial charge >= 0.3 is 0 Å². The number of hydrogen-bond donors (Lipinski definition) is 1. The van der Waals surface area contributed by atoms with Crippen molar-refractivity contribution in [1.29, 1.82) is 0 Å². The third-order valence-corrected chi connectivity index (χ3v) is 4.40. The number of nitrogens with zero attached hydrogens (tertiary/aromatic N) is 1. The van der Waals surface area contributed by atoms with Crippen LogP contribution in [0.5, 0.6) is 0 Å². The fourth-order valence-corrected chi connectivity index (χ4v) is 3.18. The molecular formula is C8H17NO3S. The van der Waals surface area contributed by atoms with Gasteiger partial charge in [-0.15, -0.1) is 0 Å². The second-order valence-corrected chi connectivity index (χ2v) is 5.60. The topological polar surface area (TPSA) is 57.6 Å². The van der Waals surface area contributed by atoms with Crippen molar-refractivity contribution in [2.45, 2.75) is 19.8 Å². The van der Waals surface area contributed by atoms with Gasteiger partial charge in [-0.05, 0) is 18.8 Å². The van der Waals surface area contributed by atoms with Gasteiger partial charge in [-0.3, -0.25) is 0 Å². The van der Waals surface area contributed by atoms with E-state index < -0.39 is 10.0 Å². The smallest absolute Gasteiger partial charge is 0.214 e. The summed E-state index contributed by atoms with van der Waals surface area (Å²) in [5, 5.41) is 8.86. The van der Waals surface area contributed by atoms with Crippen molar-refractivity contribution >= 4 is 10.0 Å². The van der Waals surface area contributed by atoms with E-state index in [4.69, 9.17) is 5.11 Å². The molecule has 1 unspecified atom stereocenters. The Bertz CT molecular complexity index is 250. The Hall–Kier alpha value is -0.130. The molecule has 78 valence electrons. The molecule has 0 radical (unpaired) electrons. The first-order valence-corrected chi connectivity index (χ1v) is 6.29.